The van der Waals surface area contributed by atoms with Crippen molar-refractivity contribution >= 4 is 29.1 Å². The number of benzene rings is 1. The standard InChI is InChI=1S/C15H20Cl2N2O2/c16-13-5-1-3-11(15(13)17)6-7-18-14(21)10-19-8-2-4-12(20)9-19/h1,3,5,12,20H,2,4,6-10H2,(H,18,21). The summed E-state index contributed by atoms with van der Waals surface area (Å²) in [6.07, 6.45) is 2.10. The van der Waals surface area contributed by atoms with Crippen LogP contribution in [0.1, 0.15) is 18.4 Å². The van der Waals surface area contributed by atoms with Gasteiger partial charge in [-0.2, -0.15) is 0 Å². The van der Waals surface area contributed by atoms with Crippen molar-refractivity contribution in [2.45, 2.75) is 25.4 Å². The van der Waals surface area contributed by atoms with E-state index in [4.69, 9.17) is 23.2 Å². The van der Waals surface area contributed by atoms with E-state index in [2.05, 4.69) is 5.32 Å². The number of nitrogens with one attached hydrogen (secondary N) is 1. The minimum absolute atomic E-state index is 0.0257. The predicted octanol–water partition coefficient (Wildman–Crippen LogP) is 2.11. The zero-order valence-corrected chi connectivity index (χ0v) is 13.3. The molecule has 116 valence electrons. The summed E-state index contributed by atoms with van der Waals surface area (Å²) in [7, 11) is 0. The van der Waals surface area contributed by atoms with Crippen molar-refractivity contribution in [1.82, 2.24) is 10.2 Å². The third kappa shape index (κ3) is 5.15. The number of aliphatic hydroxyl groups excluding tert-OH is 1. The number of halogens is 2. The van der Waals surface area contributed by atoms with Gasteiger partial charge in [-0.05, 0) is 37.4 Å². The lowest BCUT2D eigenvalue weighted by Gasteiger charge is -2.29. The first-order chi connectivity index (χ1) is 10.1. The van der Waals surface area contributed by atoms with Gasteiger partial charge in [0.1, 0.15) is 0 Å². The molecule has 1 unspecified atom stereocenters. The van der Waals surface area contributed by atoms with E-state index < -0.39 is 0 Å². The van der Waals surface area contributed by atoms with Crippen LogP contribution >= 0.6 is 23.2 Å². The zero-order chi connectivity index (χ0) is 15.2. The van der Waals surface area contributed by atoms with E-state index in [1.165, 1.54) is 0 Å². The highest BCUT2D eigenvalue weighted by molar-refractivity contribution is 6.42. The van der Waals surface area contributed by atoms with E-state index in [1.54, 1.807) is 6.07 Å². The van der Waals surface area contributed by atoms with Gasteiger partial charge in [-0.15, -0.1) is 0 Å². The fraction of sp³-hybridized carbons (Fsp3) is 0.533. The molecule has 0 saturated carbocycles. The molecule has 1 aromatic rings. The third-order valence-electron chi connectivity index (χ3n) is 3.60. The molecule has 6 heteroatoms. The second-order valence-corrected chi connectivity index (χ2v) is 6.13. The highest BCUT2D eigenvalue weighted by Gasteiger charge is 2.19. The lowest BCUT2D eigenvalue weighted by molar-refractivity contribution is -0.122. The molecule has 0 aliphatic carbocycles. The van der Waals surface area contributed by atoms with Crippen LogP contribution in [0.25, 0.3) is 0 Å². The molecule has 4 nitrogen and oxygen atoms in total. The van der Waals surface area contributed by atoms with Gasteiger partial charge >= 0.3 is 0 Å². The fourth-order valence-electron chi connectivity index (χ4n) is 2.51. The molecule has 1 fully saturated rings. The molecule has 1 aromatic carbocycles. The molecule has 2 N–H and O–H groups in total. The minimum atomic E-state index is -0.309. The van der Waals surface area contributed by atoms with Gasteiger partial charge in [0, 0.05) is 13.1 Å². The van der Waals surface area contributed by atoms with Crippen molar-refractivity contribution in [3.8, 4) is 0 Å². The second-order valence-electron chi connectivity index (χ2n) is 5.34. The highest BCUT2D eigenvalue weighted by Crippen LogP contribution is 2.25. The van der Waals surface area contributed by atoms with Gasteiger partial charge in [-0.25, -0.2) is 0 Å². The quantitative estimate of drug-likeness (QED) is 0.869. The van der Waals surface area contributed by atoms with E-state index in [9.17, 15) is 9.90 Å². The summed E-state index contributed by atoms with van der Waals surface area (Å²) in [6, 6.07) is 5.50. The Hall–Kier alpha value is -0.810. The molecule has 21 heavy (non-hydrogen) atoms. The van der Waals surface area contributed by atoms with Crippen molar-refractivity contribution < 1.29 is 9.90 Å². The minimum Gasteiger partial charge on any atom is -0.392 e. The Morgan fingerprint density at radius 1 is 1.43 bits per heavy atom. The Bertz CT molecular complexity index is 497. The van der Waals surface area contributed by atoms with Crippen LogP contribution in [-0.4, -0.2) is 48.2 Å². The van der Waals surface area contributed by atoms with Crippen LogP contribution in [0.4, 0.5) is 0 Å². The van der Waals surface area contributed by atoms with Crippen molar-refractivity contribution in [2.75, 3.05) is 26.2 Å². The number of piperidine rings is 1. The van der Waals surface area contributed by atoms with Crippen LogP contribution in [0.3, 0.4) is 0 Å². The number of amides is 1. The second kappa shape index (κ2) is 7.99. The van der Waals surface area contributed by atoms with Gasteiger partial charge in [-0.3, -0.25) is 9.69 Å². The lowest BCUT2D eigenvalue weighted by Crippen LogP contribution is -2.44. The fourth-order valence-corrected chi connectivity index (χ4v) is 2.93. The largest absolute Gasteiger partial charge is 0.392 e. The molecule has 1 heterocycles. The van der Waals surface area contributed by atoms with Crippen LogP contribution < -0.4 is 5.32 Å². The Morgan fingerprint density at radius 3 is 3.00 bits per heavy atom. The molecule has 1 amide bonds. The SMILES string of the molecule is O=C(CN1CCCC(O)C1)NCCc1cccc(Cl)c1Cl. The summed E-state index contributed by atoms with van der Waals surface area (Å²) < 4.78 is 0. The van der Waals surface area contributed by atoms with E-state index >= 15 is 0 Å². The molecule has 0 radical (unpaired) electrons. The molecular formula is C15H20Cl2N2O2. The van der Waals surface area contributed by atoms with Crippen molar-refractivity contribution in [1.29, 1.82) is 0 Å². The summed E-state index contributed by atoms with van der Waals surface area (Å²) in [4.78, 5) is 13.8. The van der Waals surface area contributed by atoms with E-state index in [0.717, 1.165) is 24.9 Å². The molecule has 1 atom stereocenters. The van der Waals surface area contributed by atoms with E-state index in [-0.39, 0.29) is 12.0 Å². The van der Waals surface area contributed by atoms with E-state index in [1.807, 2.05) is 17.0 Å². The number of β-amino-alcohol motifs (C(OH)–C–C–N with tert-alkyl or cyclic N) is 1. The Kier molecular flexibility index (Phi) is 6.30. The van der Waals surface area contributed by atoms with Crippen molar-refractivity contribution in [3.63, 3.8) is 0 Å². The average Bonchev–Trinajstić information content (AvgIpc) is 2.43. The van der Waals surface area contributed by atoms with Gasteiger partial charge in [0.15, 0.2) is 0 Å². The molecule has 1 aliphatic rings. The normalized spacial score (nSPS) is 19.5. The van der Waals surface area contributed by atoms with Gasteiger partial charge in [0.25, 0.3) is 0 Å². The topological polar surface area (TPSA) is 52.6 Å². The first-order valence-electron chi connectivity index (χ1n) is 7.16. The summed E-state index contributed by atoms with van der Waals surface area (Å²) in [5.41, 5.74) is 0.929. The smallest absolute Gasteiger partial charge is 0.234 e. The summed E-state index contributed by atoms with van der Waals surface area (Å²) >= 11 is 12.0. The lowest BCUT2D eigenvalue weighted by atomic mass is 10.1. The van der Waals surface area contributed by atoms with Crippen molar-refractivity contribution in [3.05, 3.63) is 33.8 Å². The van der Waals surface area contributed by atoms with Crippen molar-refractivity contribution in [2.24, 2.45) is 0 Å². The van der Waals surface area contributed by atoms with Gasteiger partial charge in [0.2, 0.25) is 5.91 Å². The van der Waals surface area contributed by atoms with Gasteiger partial charge in [-0.1, -0.05) is 35.3 Å². The predicted molar refractivity (Wildman–Crippen MR) is 84.9 cm³/mol. The summed E-state index contributed by atoms with van der Waals surface area (Å²) in [5, 5.41) is 13.5. The maximum atomic E-state index is 11.9. The molecule has 1 aliphatic heterocycles. The van der Waals surface area contributed by atoms with Gasteiger partial charge in [0.05, 0.1) is 22.7 Å². The Morgan fingerprint density at radius 2 is 2.24 bits per heavy atom. The molecule has 0 bridgehead atoms. The van der Waals surface area contributed by atoms with Crippen LogP contribution in [0.5, 0.6) is 0 Å². The third-order valence-corrected chi connectivity index (χ3v) is 4.45. The molecule has 0 aromatic heterocycles. The first kappa shape index (κ1) is 16.6. The number of hydrogen-bond acceptors (Lipinski definition) is 3. The highest BCUT2D eigenvalue weighted by atomic mass is 35.5. The number of hydrogen-bond donors (Lipinski definition) is 2. The zero-order valence-electron chi connectivity index (χ0n) is 11.8. The van der Waals surface area contributed by atoms with Crippen LogP contribution in [0.2, 0.25) is 10.0 Å². The number of rotatable bonds is 5. The van der Waals surface area contributed by atoms with Crippen LogP contribution in [0.15, 0.2) is 18.2 Å². The maximum absolute atomic E-state index is 11.9. The summed E-state index contributed by atoms with van der Waals surface area (Å²) in [6.45, 7) is 2.30. The van der Waals surface area contributed by atoms with Crippen LogP contribution in [-0.2, 0) is 11.2 Å². The number of carbonyl (C=O) groups is 1. The molecular weight excluding hydrogens is 311 g/mol. The van der Waals surface area contributed by atoms with E-state index in [0.29, 0.717) is 36.1 Å². The number of nitrogens with zero attached hydrogens (tertiary/aromatic N) is 1. The Balaban J connectivity index is 1.73. The summed E-state index contributed by atoms with van der Waals surface area (Å²) in [5.74, 6) is -0.0257. The average molecular weight is 331 g/mol. The first-order valence-corrected chi connectivity index (χ1v) is 7.92. The Labute approximate surface area is 135 Å². The van der Waals surface area contributed by atoms with Gasteiger partial charge < -0.3 is 10.4 Å². The number of aliphatic hydroxyl groups is 1. The monoisotopic (exact) mass is 330 g/mol. The number of likely N-dealkylation sites (tertiary alicyclic amines) is 1. The molecule has 1 saturated heterocycles. The molecule has 2 rings (SSSR count). The number of carbonyl (C=O) groups excluding carboxylic acids is 1. The van der Waals surface area contributed by atoms with Crippen LogP contribution in [0, 0.1) is 0 Å². The maximum Gasteiger partial charge on any atom is 0.234 e. The molecule has 0 spiro atoms.